The third-order valence-electron chi connectivity index (χ3n) is 4.01. The standard InChI is InChI=1S/C20H17F2NO4/c1-12-15(10-18(26-12)19(24)25)11-23-16-6-2-13(3-7-16)14-4-8-17(9-5-14)27-20(21)22/h2-10,20,23H,11H2,1H3,(H,24,25). The Bertz CT molecular complexity index is 918. The number of carboxylic acid groups (broad SMARTS) is 1. The number of benzene rings is 2. The van der Waals surface area contributed by atoms with E-state index in [0.717, 1.165) is 22.4 Å². The lowest BCUT2D eigenvalue weighted by atomic mass is 10.1. The molecule has 0 aliphatic carbocycles. The normalized spacial score (nSPS) is 10.8. The summed E-state index contributed by atoms with van der Waals surface area (Å²) in [5.41, 5.74) is 3.43. The Morgan fingerprint density at radius 1 is 1.11 bits per heavy atom. The summed E-state index contributed by atoms with van der Waals surface area (Å²) >= 11 is 0. The van der Waals surface area contributed by atoms with Crippen LogP contribution in [0.3, 0.4) is 0 Å². The number of ether oxygens (including phenoxy) is 1. The van der Waals surface area contributed by atoms with Crippen LogP contribution in [-0.4, -0.2) is 17.7 Å². The van der Waals surface area contributed by atoms with Crippen molar-refractivity contribution < 1.29 is 27.8 Å². The molecule has 0 radical (unpaired) electrons. The lowest BCUT2D eigenvalue weighted by Crippen LogP contribution is -2.01. The highest BCUT2D eigenvalue weighted by Crippen LogP contribution is 2.25. The Balaban J connectivity index is 1.64. The molecule has 0 saturated carbocycles. The number of carboxylic acids is 1. The van der Waals surface area contributed by atoms with E-state index in [9.17, 15) is 13.6 Å². The molecule has 7 heteroatoms. The first kappa shape index (κ1) is 18.4. The molecule has 2 aromatic carbocycles. The predicted molar refractivity (Wildman–Crippen MR) is 96.2 cm³/mol. The highest BCUT2D eigenvalue weighted by molar-refractivity contribution is 5.84. The molecular weight excluding hydrogens is 356 g/mol. The summed E-state index contributed by atoms with van der Waals surface area (Å²) in [5, 5.41) is 12.2. The molecule has 0 unspecified atom stereocenters. The lowest BCUT2D eigenvalue weighted by molar-refractivity contribution is -0.0498. The molecule has 2 N–H and O–H groups in total. The summed E-state index contributed by atoms with van der Waals surface area (Å²) < 4.78 is 33.9. The van der Waals surface area contributed by atoms with Gasteiger partial charge >= 0.3 is 12.6 Å². The molecule has 0 saturated heterocycles. The second-order valence-electron chi connectivity index (χ2n) is 5.83. The van der Waals surface area contributed by atoms with Crippen molar-refractivity contribution in [2.75, 3.05) is 5.32 Å². The number of nitrogens with one attached hydrogen (secondary N) is 1. The fourth-order valence-electron chi connectivity index (χ4n) is 2.61. The topological polar surface area (TPSA) is 71.7 Å². The molecule has 0 atom stereocenters. The number of alkyl halides is 2. The molecule has 0 aliphatic rings. The van der Waals surface area contributed by atoms with Gasteiger partial charge in [0.25, 0.3) is 0 Å². The summed E-state index contributed by atoms with van der Waals surface area (Å²) in [4.78, 5) is 10.9. The van der Waals surface area contributed by atoms with E-state index in [0.29, 0.717) is 12.3 Å². The largest absolute Gasteiger partial charge is 0.475 e. The van der Waals surface area contributed by atoms with Crippen LogP contribution in [0.15, 0.2) is 59.0 Å². The molecule has 3 aromatic rings. The number of rotatable bonds is 7. The smallest absolute Gasteiger partial charge is 0.387 e. The number of aromatic carboxylic acids is 1. The Morgan fingerprint density at radius 2 is 1.70 bits per heavy atom. The van der Waals surface area contributed by atoms with Gasteiger partial charge < -0.3 is 19.6 Å². The first-order chi connectivity index (χ1) is 12.9. The van der Waals surface area contributed by atoms with Crippen LogP contribution in [0, 0.1) is 6.92 Å². The van der Waals surface area contributed by atoms with Crippen LogP contribution in [0.1, 0.15) is 21.9 Å². The number of carbonyl (C=O) groups is 1. The van der Waals surface area contributed by atoms with Crippen LogP contribution in [0.2, 0.25) is 0 Å². The average Bonchev–Trinajstić information content (AvgIpc) is 3.02. The van der Waals surface area contributed by atoms with Crippen molar-refractivity contribution >= 4 is 11.7 Å². The number of aryl methyl sites for hydroxylation is 1. The minimum atomic E-state index is -2.84. The Kier molecular flexibility index (Phi) is 5.40. The highest BCUT2D eigenvalue weighted by Gasteiger charge is 2.12. The second-order valence-corrected chi connectivity index (χ2v) is 5.83. The Morgan fingerprint density at radius 3 is 2.22 bits per heavy atom. The first-order valence-electron chi connectivity index (χ1n) is 8.14. The van der Waals surface area contributed by atoms with E-state index in [4.69, 9.17) is 9.52 Å². The number of hydrogen-bond acceptors (Lipinski definition) is 4. The molecule has 1 heterocycles. The van der Waals surface area contributed by atoms with Crippen LogP contribution in [0.4, 0.5) is 14.5 Å². The molecular formula is C20H17F2NO4. The minimum Gasteiger partial charge on any atom is -0.475 e. The molecule has 0 bridgehead atoms. The van der Waals surface area contributed by atoms with Gasteiger partial charge in [-0.25, -0.2) is 4.79 Å². The quantitative estimate of drug-likeness (QED) is 0.598. The summed E-state index contributed by atoms with van der Waals surface area (Å²) in [5.74, 6) is -0.511. The van der Waals surface area contributed by atoms with Gasteiger partial charge in [-0.05, 0) is 48.4 Å². The van der Waals surface area contributed by atoms with E-state index in [-0.39, 0.29) is 11.5 Å². The van der Waals surface area contributed by atoms with Crippen LogP contribution in [0.5, 0.6) is 5.75 Å². The summed E-state index contributed by atoms with van der Waals surface area (Å²) in [6.07, 6.45) is 0. The lowest BCUT2D eigenvalue weighted by Gasteiger charge is -2.08. The zero-order valence-corrected chi connectivity index (χ0v) is 14.4. The first-order valence-corrected chi connectivity index (χ1v) is 8.14. The van der Waals surface area contributed by atoms with E-state index < -0.39 is 12.6 Å². The molecule has 0 aliphatic heterocycles. The van der Waals surface area contributed by atoms with Crippen molar-refractivity contribution in [1.29, 1.82) is 0 Å². The summed E-state index contributed by atoms with van der Waals surface area (Å²) in [7, 11) is 0. The maximum absolute atomic E-state index is 12.2. The van der Waals surface area contributed by atoms with Gasteiger partial charge in [-0.3, -0.25) is 0 Å². The number of anilines is 1. The monoisotopic (exact) mass is 373 g/mol. The van der Waals surface area contributed by atoms with E-state index in [1.807, 2.05) is 24.3 Å². The van der Waals surface area contributed by atoms with Crippen LogP contribution >= 0.6 is 0 Å². The molecule has 0 amide bonds. The van der Waals surface area contributed by atoms with Gasteiger partial charge in [0, 0.05) is 17.8 Å². The molecule has 3 rings (SSSR count). The molecule has 140 valence electrons. The third-order valence-corrected chi connectivity index (χ3v) is 4.01. The number of hydrogen-bond donors (Lipinski definition) is 2. The van der Waals surface area contributed by atoms with Gasteiger partial charge in [-0.2, -0.15) is 8.78 Å². The Hall–Kier alpha value is -3.35. The fraction of sp³-hybridized carbons (Fsp3) is 0.150. The molecule has 27 heavy (non-hydrogen) atoms. The van der Waals surface area contributed by atoms with Gasteiger partial charge in [0.1, 0.15) is 11.5 Å². The van der Waals surface area contributed by atoms with Crippen molar-refractivity contribution in [3.8, 4) is 16.9 Å². The summed E-state index contributed by atoms with van der Waals surface area (Å²) in [6.45, 7) is -0.693. The van der Waals surface area contributed by atoms with E-state index >= 15 is 0 Å². The molecule has 0 spiro atoms. The van der Waals surface area contributed by atoms with E-state index in [2.05, 4.69) is 10.1 Å². The van der Waals surface area contributed by atoms with Gasteiger partial charge in [-0.15, -0.1) is 0 Å². The minimum absolute atomic E-state index is 0.0843. The van der Waals surface area contributed by atoms with Gasteiger partial charge in [-0.1, -0.05) is 24.3 Å². The molecule has 0 fully saturated rings. The SMILES string of the molecule is Cc1oc(C(=O)O)cc1CNc1ccc(-c2ccc(OC(F)F)cc2)cc1. The molecule has 5 nitrogen and oxygen atoms in total. The second kappa shape index (κ2) is 7.90. The van der Waals surface area contributed by atoms with Crippen molar-refractivity contribution in [2.45, 2.75) is 20.1 Å². The average molecular weight is 373 g/mol. The van der Waals surface area contributed by atoms with Crippen LogP contribution < -0.4 is 10.1 Å². The van der Waals surface area contributed by atoms with Gasteiger partial charge in [0.15, 0.2) is 0 Å². The van der Waals surface area contributed by atoms with Gasteiger partial charge in [0.05, 0.1) is 0 Å². The highest BCUT2D eigenvalue weighted by atomic mass is 19.3. The predicted octanol–water partition coefficient (Wildman–Crippen LogP) is 5.17. The van der Waals surface area contributed by atoms with Crippen molar-refractivity contribution in [2.24, 2.45) is 0 Å². The molecule has 1 aromatic heterocycles. The Labute approximate surface area is 154 Å². The van der Waals surface area contributed by atoms with Crippen molar-refractivity contribution in [1.82, 2.24) is 0 Å². The van der Waals surface area contributed by atoms with Crippen molar-refractivity contribution in [3.63, 3.8) is 0 Å². The van der Waals surface area contributed by atoms with E-state index in [1.165, 1.54) is 18.2 Å². The van der Waals surface area contributed by atoms with Crippen LogP contribution in [-0.2, 0) is 6.54 Å². The maximum Gasteiger partial charge on any atom is 0.387 e. The zero-order chi connectivity index (χ0) is 19.4. The number of furan rings is 1. The van der Waals surface area contributed by atoms with Crippen molar-refractivity contribution in [3.05, 3.63) is 71.7 Å². The third kappa shape index (κ3) is 4.63. The maximum atomic E-state index is 12.2. The van der Waals surface area contributed by atoms with E-state index in [1.54, 1.807) is 19.1 Å². The zero-order valence-electron chi connectivity index (χ0n) is 14.4. The number of halogens is 2. The van der Waals surface area contributed by atoms with Gasteiger partial charge in [0.2, 0.25) is 5.76 Å². The van der Waals surface area contributed by atoms with Crippen LogP contribution in [0.25, 0.3) is 11.1 Å². The fourth-order valence-corrected chi connectivity index (χ4v) is 2.61. The summed E-state index contributed by atoms with van der Waals surface area (Å²) in [6, 6.07) is 15.5.